The zero-order chi connectivity index (χ0) is 9.56. The molecular weight excluding hydrogens is 150 g/mol. The summed E-state index contributed by atoms with van der Waals surface area (Å²) in [5.41, 5.74) is 0. The van der Waals surface area contributed by atoms with Gasteiger partial charge in [0.2, 0.25) is 0 Å². The van der Waals surface area contributed by atoms with E-state index in [0.29, 0.717) is 0 Å². The van der Waals surface area contributed by atoms with Crippen LogP contribution in [-0.4, -0.2) is 11.2 Å². The molecule has 0 aliphatic heterocycles. The molecule has 0 aromatic heterocycles. The third-order valence-corrected chi connectivity index (χ3v) is 2.34. The zero-order valence-corrected chi connectivity index (χ0v) is 8.25. The molecule has 3 unspecified atom stereocenters. The van der Waals surface area contributed by atoms with Gasteiger partial charge in [-0.1, -0.05) is 27.2 Å². The summed E-state index contributed by atoms with van der Waals surface area (Å²) in [6, 6.07) is 2.14. The van der Waals surface area contributed by atoms with Gasteiger partial charge in [0.05, 0.1) is 18.1 Å². The van der Waals surface area contributed by atoms with Crippen LogP contribution in [0.3, 0.4) is 0 Å². The molecule has 0 heterocycles. The molecule has 0 aromatic carbocycles. The highest BCUT2D eigenvalue weighted by Crippen LogP contribution is 2.19. The van der Waals surface area contributed by atoms with Crippen LogP contribution in [0.4, 0.5) is 0 Å². The summed E-state index contributed by atoms with van der Waals surface area (Å²) in [5.74, 6) is 0.0612. The topological polar surface area (TPSA) is 44.0 Å². The Labute approximate surface area is 75.2 Å². The van der Waals surface area contributed by atoms with Crippen molar-refractivity contribution >= 4 is 0 Å². The molecule has 12 heavy (non-hydrogen) atoms. The van der Waals surface area contributed by atoms with E-state index in [4.69, 9.17) is 5.26 Å². The van der Waals surface area contributed by atoms with Gasteiger partial charge in [0.25, 0.3) is 0 Å². The smallest absolute Gasteiger partial charge is 0.0723 e. The van der Waals surface area contributed by atoms with E-state index in [1.807, 2.05) is 13.8 Å². The third kappa shape index (κ3) is 3.23. The molecule has 0 aromatic rings. The minimum Gasteiger partial charge on any atom is -0.391 e. The zero-order valence-electron chi connectivity index (χ0n) is 8.25. The SMILES string of the molecule is CCCC(C)C(O)C(C#N)CC. The first-order chi connectivity index (χ1) is 5.67. The van der Waals surface area contributed by atoms with Gasteiger partial charge in [-0.25, -0.2) is 0 Å². The highest BCUT2D eigenvalue weighted by atomic mass is 16.3. The summed E-state index contributed by atoms with van der Waals surface area (Å²) in [5, 5.41) is 18.4. The molecule has 2 nitrogen and oxygen atoms in total. The van der Waals surface area contributed by atoms with Crippen LogP contribution < -0.4 is 0 Å². The molecule has 0 fully saturated rings. The summed E-state index contributed by atoms with van der Waals surface area (Å²) in [6.07, 6.45) is 2.37. The van der Waals surface area contributed by atoms with Crippen LogP contribution in [0, 0.1) is 23.2 Å². The molecule has 0 amide bonds. The van der Waals surface area contributed by atoms with E-state index in [1.54, 1.807) is 0 Å². The van der Waals surface area contributed by atoms with Gasteiger partial charge in [-0.15, -0.1) is 0 Å². The van der Waals surface area contributed by atoms with Crippen LogP contribution in [0.2, 0.25) is 0 Å². The normalized spacial score (nSPS) is 17.9. The van der Waals surface area contributed by atoms with E-state index in [9.17, 15) is 5.11 Å². The number of rotatable bonds is 5. The summed E-state index contributed by atoms with van der Waals surface area (Å²) >= 11 is 0. The quantitative estimate of drug-likeness (QED) is 0.686. The van der Waals surface area contributed by atoms with Crippen LogP contribution in [-0.2, 0) is 0 Å². The highest BCUT2D eigenvalue weighted by Gasteiger charge is 2.22. The lowest BCUT2D eigenvalue weighted by Crippen LogP contribution is -2.26. The maximum Gasteiger partial charge on any atom is 0.0723 e. The van der Waals surface area contributed by atoms with Crippen molar-refractivity contribution < 1.29 is 5.11 Å². The second-order valence-corrected chi connectivity index (χ2v) is 3.40. The number of aliphatic hydroxyl groups is 1. The largest absolute Gasteiger partial charge is 0.391 e. The molecule has 1 N–H and O–H groups in total. The Morgan fingerprint density at radius 3 is 2.33 bits per heavy atom. The van der Waals surface area contributed by atoms with Gasteiger partial charge in [0, 0.05) is 0 Å². The molecule has 0 saturated heterocycles. The van der Waals surface area contributed by atoms with Crippen LogP contribution in [0.5, 0.6) is 0 Å². The van der Waals surface area contributed by atoms with E-state index in [1.165, 1.54) is 0 Å². The standard InChI is InChI=1S/C10H19NO/c1-4-6-8(3)10(12)9(5-2)7-11/h8-10,12H,4-6H2,1-3H3. The molecule has 0 radical (unpaired) electrons. The van der Waals surface area contributed by atoms with Crippen LogP contribution in [0.1, 0.15) is 40.0 Å². The molecule has 0 aliphatic carbocycles. The Balaban J connectivity index is 3.98. The van der Waals surface area contributed by atoms with E-state index < -0.39 is 6.10 Å². The highest BCUT2D eigenvalue weighted by molar-refractivity contribution is 4.89. The number of hydrogen-bond acceptors (Lipinski definition) is 2. The Hall–Kier alpha value is -0.550. The first kappa shape index (κ1) is 11.4. The number of nitriles is 1. The van der Waals surface area contributed by atoms with Gasteiger partial charge in [-0.3, -0.25) is 0 Å². The average Bonchev–Trinajstić information content (AvgIpc) is 2.07. The predicted octanol–water partition coefficient (Wildman–Crippen LogP) is 2.33. The van der Waals surface area contributed by atoms with Gasteiger partial charge in [0.15, 0.2) is 0 Å². The maximum absolute atomic E-state index is 9.69. The molecule has 0 aliphatic rings. The van der Waals surface area contributed by atoms with Crippen molar-refractivity contribution in [3.63, 3.8) is 0 Å². The molecule has 0 saturated carbocycles. The fourth-order valence-electron chi connectivity index (χ4n) is 1.43. The van der Waals surface area contributed by atoms with Crippen molar-refractivity contribution in [1.29, 1.82) is 5.26 Å². The maximum atomic E-state index is 9.69. The van der Waals surface area contributed by atoms with Gasteiger partial charge in [0.1, 0.15) is 0 Å². The van der Waals surface area contributed by atoms with Crippen molar-refractivity contribution in [1.82, 2.24) is 0 Å². The predicted molar refractivity (Wildman–Crippen MR) is 49.5 cm³/mol. The van der Waals surface area contributed by atoms with Gasteiger partial charge in [-0.2, -0.15) is 5.26 Å². The van der Waals surface area contributed by atoms with Crippen molar-refractivity contribution in [3.8, 4) is 6.07 Å². The summed E-state index contributed by atoms with van der Waals surface area (Å²) in [7, 11) is 0. The molecule has 70 valence electrons. The van der Waals surface area contributed by atoms with Gasteiger partial charge >= 0.3 is 0 Å². The van der Waals surface area contributed by atoms with E-state index >= 15 is 0 Å². The Morgan fingerprint density at radius 1 is 1.42 bits per heavy atom. The molecule has 0 bridgehead atoms. The van der Waals surface area contributed by atoms with Crippen molar-refractivity contribution in [2.75, 3.05) is 0 Å². The fraction of sp³-hybridized carbons (Fsp3) is 0.900. The lowest BCUT2D eigenvalue weighted by molar-refractivity contribution is 0.0734. The molecule has 0 spiro atoms. The Morgan fingerprint density at radius 2 is 2.00 bits per heavy atom. The fourth-order valence-corrected chi connectivity index (χ4v) is 1.43. The van der Waals surface area contributed by atoms with Crippen molar-refractivity contribution in [3.05, 3.63) is 0 Å². The first-order valence-electron chi connectivity index (χ1n) is 4.75. The van der Waals surface area contributed by atoms with E-state index in [0.717, 1.165) is 19.3 Å². The van der Waals surface area contributed by atoms with Crippen LogP contribution >= 0.6 is 0 Å². The second-order valence-electron chi connectivity index (χ2n) is 3.40. The monoisotopic (exact) mass is 169 g/mol. The van der Waals surface area contributed by atoms with Crippen molar-refractivity contribution in [2.45, 2.75) is 46.1 Å². The minimum atomic E-state index is -0.444. The Bertz CT molecular complexity index is 150. The lowest BCUT2D eigenvalue weighted by atomic mass is 9.88. The number of aliphatic hydroxyl groups excluding tert-OH is 1. The van der Waals surface area contributed by atoms with Crippen LogP contribution in [0.15, 0.2) is 0 Å². The molecule has 2 heteroatoms. The number of nitrogens with zero attached hydrogens (tertiary/aromatic N) is 1. The van der Waals surface area contributed by atoms with Crippen LogP contribution in [0.25, 0.3) is 0 Å². The van der Waals surface area contributed by atoms with Gasteiger partial charge < -0.3 is 5.11 Å². The van der Waals surface area contributed by atoms with E-state index in [-0.39, 0.29) is 11.8 Å². The summed E-state index contributed by atoms with van der Waals surface area (Å²) in [4.78, 5) is 0. The molecule has 0 rings (SSSR count). The Kier molecular flexibility index (Phi) is 5.74. The summed E-state index contributed by atoms with van der Waals surface area (Å²) in [6.45, 7) is 6.04. The number of hydrogen-bond donors (Lipinski definition) is 1. The van der Waals surface area contributed by atoms with Crippen molar-refractivity contribution in [2.24, 2.45) is 11.8 Å². The third-order valence-electron chi connectivity index (χ3n) is 2.34. The second kappa shape index (κ2) is 6.02. The lowest BCUT2D eigenvalue weighted by Gasteiger charge is -2.21. The van der Waals surface area contributed by atoms with Gasteiger partial charge in [-0.05, 0) is 18.8 Å². The summed E-state index contributed by atoms with van der Waals surface area (Å²) < 4.78 is 0. The van der Waals surface area contributed by atoms with E-state index in [2.05, 4.69) is 13.0 Å². The first-order valence-corrected chi connectivity index (χ1v) is 4.75. The molecule has 3 atom stereocenters. The molecular formula is C10H19NO. The minimum absolute atomic E-state index is 0.188. The average molecular weight is 169 g/mol.